The summed E-state index contributed by atoms with van der Waals surface area (Å²) in [4.78, 5) is 37.7. The number of ether oxygens (including phenoxy) is 1. The number of carbonyl (C=O) groups is 3. The van der Waals surface area contributed by atoms with Gasteiger partial charge in [0.05, 0.1) is 6.61 Å². The van der Waals surface area contributed by atoms with Gasteiger partial charge in [0.15, 0.2) is 0 Å². The van der Waals surface area contributed by atoms with Crippen molar-refractivity contribution in [2.24, 2.45) is 11.7 Å². The maximum atomic E-state index is 12.5. The lowest BCUT2D eigenvalue weighted by Crippen LogP contribution is -2.54. The van der Waals surface area contributed by atoms with Crippen molar-refractivity contribution in [2.45, 2.75) is 64.0 Å². The van der Waals surface area contributed by atoms with Gasteiger partial charge in [-0.05, 0) is 19.3 Å². The topological polar surface area (TPSA) is 92.4 Å². The molecule has 0 aromatic carbocycles. The maximum absolute atomic E-state index is 12.5. The van der Waals surface area contributed by atoms with E-state index in [1.807, 2.05) is 0 Å². The molecule has 1 saturated heterocycles. The number of nitrogens with zero attached hydrogens (tertiary/aromatic N) is 1. The third kappa shape index (κ3) is 3.93. The van der Waals surface area contributed by atoms with Crippen LogP contribution in [0.15, 0.2) is 0 Å². The molecule has 1 amide bonds. The van der Waals surface area contributed by atoms with Crippen LogP contribution in [-0.2, 0) is 19.1 Å². The molecule has 1 radical (unpaired) electrons. The van der Waals surface area contributed by atoms with Gasteiger partial charge in [0.2, 0.25) is 6.04 Å². The number of amides is 1. The fourth-order valence-electron chi connectivity index (χ4n) is 3.56. The summed E-state index contributed by atoms with van der Waals surface area (Å²) in [5.74, 6) is -1.16. The Balaban J connectivity index is 1.94. The summed E-state index contributed by atoms with van der Waals surface area (Å²) < 4.78 is 4.75. The minimum absolute atomic E-state index is 0.159. The number of likely N-dealkylation sites (tertiary alicyclic amines) is 1. The van der Waals surface area contributed by atoms with Crippen LogP contribution in [-0.4, -0.2) is 42.9 Å². The molecule has 1 aliphatic carbocycles. The molecule has 2 fully saturated rings. The summed E-state index contributed by atoms with van der Waals surface area (Å²) >= 11 is 0. The molecule has 0 aromatic rings. The summed E-state index contributed by atoms with van der Waals surface area (Å²) in [5.41, 5.74) is 6.06. The van der Waals surface area contributed by atoms with E-state index in [0.29, 0.717) is 25.3 Å². The second-order valence-corrected chi connectivity index (χ2v) is 6.27. The first-order valence-electron chi connectivity index (χ1n) is 8.31. The van der Waals surface area contributed by atoms with Gasteiger partial charge in [-0.1, -0.05) is 30.6 Å². The number of hydrogen-bond donors (Lipinski definition) is 1. The Bertz CT molecular complexity index is 432. The van der Waals surface area contributed by atoms with Crippen LogP contribution in [0.1, 0.15) is 51.9 Å². The highest BCUT2D eigenvalue weighted by molar-refractivity contribution is 6.36. The third-order valence-corrected chi connectivity index (χ3v) is 4.69. The van der Waals surface area contributed by atoms with E-state index in [9.17, 15) is 14.4 Å². The summed E-state index contributed by atoms with van der Waals surface area (Å²) in [6.07, 6.45) is 6.59. The molecule has 0 bridgehead atoms. The van der Waals surface area contributed by atoms with E-state index >= 15 is 0 Å². The molecular weight excluding hydrogens is 284 g/mol. The fourth-order valence-corrected chi connectivity index (χ4v) is 3.56. The molecule has 1 unspecified atom stereocenters. The van der Waals surface area contributed by atoms with E-state index in [4.69, 9.17) is 10.5 Å². The molecule has 0 aromatic heterocycles. The van der Waals surface area contributed by atoms with Crippen molar-refractivity contribution < 1.29 is 19.1 Å². The normalized spacial score (nSPS) is 24.4. The van der Waals surface area contributed by atoms with Crippen molar-refractivity contribution >= 4 is 17.7 Å². The van der Waals surface area contributed by atoms with Gasteiger partial charge in [0.1, 0.15) is 12.6 Å². The van der Waals surface area contributed by atoms with Crippen molar-refractivity contribution in [3.05, 3.63) is 0 Å². The zero-order valence-corrected chi connectivity index (χ0v) is 13.3. The number of ketones is 1. The molecule has 2 atom stereocenters. The van der Waals surface area contributed by atoms with Crippen LogP contribution >= 0.6 is 0 Å². The Kier molecular flexibility index (Phi) is 6.08. The predicted octanol–water partition coefficient (Wildman–Crippen LogP) is 0.855. The van der Waals surface area contributed by atoms with Crippen LogP contribution in [0.2, 0.25) is 0 Å². The van der Waals surface area contributed by atoms with Gasteiger partial charge >= 0.3 is 17.7 Å². The Morgan fingerprint density at radius 1 is 1.18 bits per heavy atom. The highest BCUT2D eigenvalue weighted by Crippen LogP contribution is 2.29. The van der Waals surface area contributed by atoms with E-state index in [1.54, 1.807) is 6.92 Å². The van der Waals surface area contributed by atoms with Crippen LogP contribution in [0, 0.1) is 5.92 Å². The van der Waals surface area contributed by atoms with Crippen molar-refractivity contribution in [3.63, 3.8) is 0 Å². The minimum atomic E-state index is -0.850. The number of nitrogens with two attached hydrogens (primary N) is 1. The van der Waals surface area contributed by atoms with Crippen LogP contribution in [0.25, 0.3) is 0 Å². The number of hydrogen-bond acceptors (Lipinski definition) is 5. The zero-order chi connectivity index (χ0) is 16.1. The first-order valence-corrected chi connectivity index (χ1v) is 8.31. The van der Waals surface area contributed by atoms with Crippen molar-refractivity contribution in [2.75, 3.05) is 13.2 Å². The van der Waals surface area contributed by atoms with E-state index in [2.05, 4.69) is 0 Å². The molecule has 2 aliphatic rings. The Morgan fingerprint density at radius 3 is 2.50 bits per heavy atom. The number of rotatable bonds is 6. The average molecular weight is 310 g/mol. The summed E-state index contributed by atoms with van der Waals surface area (Å²) in [7, 11) is 0. The van der Waals surface area contributed by atoms with Gasteiger partial charge in [0.25, 0.3) is 0 Å². The smallest absolute Gasteiger partial charge is 0.381 e. The first kappa shape index (κ1) is 17.1. The van der Waals surface area contributed by atoms with Crippen molar-refractivity contribution in [1.29, 1.82) is 0 Å². The van der Waals surface area contributed by atoms with Gasteiger partial charge in [0, 0.05) is 12.8 Å². The molecule has 22 heavy (non-hydrogen) atoms. The van der Waals surface area contributed by atoms with Gasteiger partial charge < -0.3 is 10.5 Å². The maximum Gasteiger partial charge on any atom is 0.381 e. The van der Waals surface area contributed by atoms with Crippen LogP contribution < -0.4 is 10.6 Å². The van der Waals surface area contributed by atoms with Gasteiger partial charge in [-0.25, -0.2) is 9.59 Å². The fraction of sp³-hybridized carbons (Fsp3) is 0.812. The van der Waals surface area contributed by atoms with Crippen molar-refractivity contribution in [3.8, 4) is 0 Å². The molecule has 6 heteroatoms. The highest BCUT2D eigenvalue weighted by Gasteiger charge is 2.49. The van der Waals surface area contributed by atoms with E-state index < -0.39 is 23.8 Å². The zero-order valence-electron chi connectivity index (χ0n) is 13.3. The molecule has 123 valence electrons. The largest absolute Gasteiger partial charge is 0.460 e. The molecule has 2 rings (SSSR count). The molecule has 6 nitrogen and oxygen atoms in total. The van der Waals surface area contributed by atoms with Gasteiger partial charge in [-0.2, -0.15) is 0 Å². The average Bonchev–Trinajstić information content (AvgIpc) is 3.16. The second-order valence-electron chi connectivity index (χ2n) is 6.27. The molecule has 1 aliphatic heterocycles. The third-order valence-electron chi connectivity index (χ3n) is 4.69. The van der Waals surface area contributed by atoms with Crippen LogP contribution in [0.4, 0.5) is 0 Å². The first-order chi connectivity index (χ1) is 10.5. The van der Waals surface area contributed by atoms with Crippen LogP contribution in [0.3, 0.4) is 0 Å². The molecule has 1 saturated carbocycles. The van der Waals surface area contributed by atoms with Gasteiger partial charge in [-0.15, -0.1) is 0 Å². The molecule has 1 heterocycles. The lowest BCUT2D eigenvalue weighted by molar-refractivity contribution is -0.155. The monoisotopic (exact) mass is 310 g/mol. The number of esters is 1. The molecular formula is C16H26N2O4+. The van der Waals surface area contributed by atoms with E-state index in [-0.39, 0.29) is 12.5 Å². The van der Waals surface area contributed by atoms with E-state index in [0.717, 1.165) is 19.3 Å². The Morgan fingerprint density at radius 2 is 1.86 bits per heavy atom. The number of Topliss-reactive ketones (excluding diaryl/α,β-unsaturated/α-hetero) is 1. The summed E-state index contributed by atoms with van der Waals surface area (Å²) in [6.45, 7) is 2.31. The quantitative estimate of drug-likeness (QED) is 0.446. The predicted molar refractivity (Wildman–Crippen MR) is 81.2 cm³/mol. The standard InChI is InChI=1S/C16H26N2O4/c1-2-22-16(21)14(19)13-8-5-9-18(13)15(20)12(17)10-11-6-3-4-7-11/h11-13H,2-10,17H2,1H3/q+1/t12?,13-/m0/s1. The second kappa shape index (κ2) is 7.83. The SMILES string of the molecule is CCOC(=O)C(=O)[C@@H]1CCC[N+]1C(=O)C(N)CC1CCCC1. The van der Waals surface area contributed by atoms with Crippen molar-refractivity contribution in [1.82, 2.24) is 4.90 Å². The minimum Gasteiger partial charge on any atom is -0.460 e. The molecule has 0 spiro atoms. The Hall–Kier alpha value is -1.27. The lowest BCUT2D eigenvalue weighted by Gasteiger charge is -2.17. The summed E-state index contributed by atoms with van der Waals surface area (Å²) in [6, 6.07) is -1.26. The lowest BCUT2D eigenvalue weighted by atomic mass is 9.97. The highest BCUT2D eigenvalue weighted by atomic mass is 16.5. The molecule has 2 N–H and O–H groups in total. The summed E-state index contributed by atoms with van der Waals surface area (Å²) in [5, 5.41) is 0. The number of carbonyl (C=O) groups excluding carboxylic acids is 3. The van der Waals surface area contributed by atoms with Gasteiger partial charge in [-0.3, -0.25) is 4.79 Å². The van der Waals surface area contributed by atoms with Crippen LogP contribution in [0.5, 0.6) is 0 Å². The Labute approximate surface area is 131 Å². The van der Waals surface area contributed by atoms with E-state index in [1.165, 1.54) is 17.7 Å².